The van der Waals surface area contributed by atoms with Crippen LogP contribution in [0.1, 0.15) is 21.5 Å². The Morgan fingerprint density at radius 1 is 0.800 bits per heavy atom. The quantitative estimate of drug-likeness (QED) is 0.247. The molecule has 6 heteroatoms. The van der Waals surface area contributed by atoms with Gasteiger partial charge in [0.15, 0.2) is 5.11 Å². The molecule has 0 aliphatic rings. The third-order valence-corrected chi connectivity index (χ3v) is 5.64. The molecule has 4 rings (SSSR count). The summed E-state index contributed by atoms with van der Waals surface area (Å²) in [6.45, 7) is 0.511. The number of carbonyl (C=O) groups excluding carboxylic acids is 2. The number of para-hydroxylation sites is 1. The number of carbonyl (C=O) groups is 2. The standard InChI is InChI=1S/C29H25N3O2S/c33-27(18-17-23-13-8-12-22-11-4-5-14-24(22)23)32-29(35)31-26-16-7-6-15-25(26)28(34)30-20-19-21-9-2-1-3-10-21/h1-18H,19-20H2,(H,30,34)(H2,31,32,33,35)/b18-17+. The van der Waals surface area contributed by atoms with Crippen molar-refractivity contribution in [3.05, 3.63) is 120 Å². The number of anilines is 1. The Bertz CT molecular complexity index is 1380. The summed E-state index contributed by atoms with van der Waals surface area (Å²) >= 11 is 5.31. The van der Waals surface area contributed by atoms with E-state index in [0.717, 1.165) is 28.3 Å². The molecule has 5 nitrogen and oxygen atoms in total. The second-order valence-electron chi connectivity index (χ2n) is 7.88. The highest BCUT2D eigenvalue weighted by molar-refractivity contribution is 7.80. The minimum absolute atomic E-state index is 0.113. The van der Waals surface area contributed by atoms with Crippen LogP contribution in [-0.4, -0.2) is 23.5 Å². The third kappa shape index (κ3) is 6.62. The van der Waals surface area contributed by atoms with Gasteiger partial charge in [-0.15, -0.1) is 0 Å². The van der Waals surface area contributed by atoms with E-state index in [4.69, 9.17) is 12.2 Å². The van der Waals surface area contributed by atoms with Crippen molar-refractivity contribution in [3.63, 3.8) is 0 Å². The molecular formula is C29H25N3O2S. The Balaban J connectivity index is 1.34. The van der Waals surface area contributed by atoms with Gasteiger partial charge in [0, 0.05) is 12.6 Å². The van der Waals surface area contributed by atoms with Crippen LogP contribution in [0.4, 0.5) is 5.69 Å². The van der Waals surface area contributed by atoms with E-state index in [9.17, 15) is 9.59 Å². The van der Waals surface area contributed by atoms with Gasteiger partial charge in [0.25, 0.3) is 5.91 Å². The van der Waals surface area contributed by atoms with Crippen LogP contribution in [-0.2, 0) is 11.2 Å². The van der Waals surface area contributed by atoms with Gasteiger partial charge in [-0.05, 0) is 58.7 Å². The van der Waals surface area contributed by atoms with Gasteiger partial charge in [0.2, 0.25) is 5.91 Å². The number of thiocarbonyl (C=S) groups is 1. The van der Waals surface area contributed by atoms with Gasteiger partial charge in [-0.2, -0.15) is 0 Å². The summed E-state index contributed by atoms with van der Waals surface area (Å²) in [7, 11) is 0. The van der Waals surface area contributed by atoms with Crippen LogP contribution in [0.5, 0.6) is 0 Å². The molecule has 4 aromatic rings. The molecule has 0 bridgehead atoms. The van der Waals surface area contributed by atoms with E-state index in [-0.39, 0.29) is 16.9 Å². The van der Waals surface area contributed by atoms with Gasteiger partial charge >= 0.3 is 0 Å². The summed E-state index contributed by atoms with van der Waals surface area (Å²) in [5.41, 5.74) is 3.06. The van der Waals surface area contributed by atoms with Gasteiger partial charge in [-0.25, -0.2) is 0 Å². The largest absolute Gasteiger partial charge is 0.352 e. The van der Waals surface area contributed by atoms with E-state index < -0.39 is 0 Å². The smallest absolute Gasteiger partial charge is 0.253 e. The first-order valence-corrected chi connectivity index (χ1v) is 11.7. The molecule has 0 saturated carbocycles. The Hall–Kier alpha value is -4.29. The lowest BCUT2D eigenvalue weighted by Gasteiger charge is -2.13. The first-order valence-electron chi connectivity index (χ1n) is 11.3. The molecule has 0 atom stereocenters. The average Bonchev–Trinajstić information content (AvgIpc) is 2.88. The number of benzene rings is 4. The SMILES string of the molecule is O=C(/C=C/c1cccc2ccccc12)NC(=S)Nc1ccccc1C(=O)NCCc1ccccc1. The second kappa shape index (κ2) is 11.7. The highest BCUT2D eigenvalue weighted by Crippen LogP contribution is 2.19. The van der Waals surface area contributed by atoms with E-state index in [1.807, 2.05) is 72.8 Å². The molecule has 4 aromatic carbocycles. The normalized spacial score (nSPS) is 10.7. The maximum absolute atomic E-state index is 12.7. The van der Waals surface area contributed by atoms with E-state index >= 15 is 0 Å². The summed E-state index contributed by atoms with van der Waals surface area (Å²) in [5, 5.41) is 10.8. The van der Waals surface area contributed by atoms with Gasteiger partial charge < -0.3 is 10.6 Å². The number of amides is 2. The van der Waals surface area contributed by atoms with Crippen molar-refractivity contribution < 1.29 is 9.59 Å². The molecule has 0 fully saturated rings. The Labute approximate surface area is 209 Å². The fraction of sp³-hybridized carbons (Fsp3) is 0.0690. The number of fused-ring (bicyclic) bond motifs is 1. The van der Waals surface area contributed by atoms with Crippen molar-refractivity contribution in [3.8, 4) is 0 Å². The maximum atomic E-state index is 12.7. The van der Waals surface area contributed by atoms with Crippen molar-refractivity contribution >= 4 is 51.7 Å². The van der Waals surface area contributed by atoms with Crippen molar-refractivity contribution in [2.24, 2.45) is 0 Å². The van der Waals surface area contributed by atoms with Gasteiger partial charge in [-0.1, -0.05) is 84.9 Å². The van der Waals surface area contributed by atoms with Crippen molar-refractivity contribution in [1.82, 2.24) is 10.6 Å². The molecule has 0 aliphatic heterocycles. The summed E-state index contributed by atoms with van der Waals surface area (Å²) < 4.78 is 0. The first kappa shape index (κ1) is 23.9. The minimum Gasteiger partial charge on any atom is -0.352 e. The van der Waals surface area contributed by atoms with E-state index in [2.05, 4.69) is 16.0 Å². The van der Waals surface area contributed by atoms with Crippen LogP contribution in [0.25, 0.3) is 16.8 Å². The van der Waals surface area contributed by atoms with Gasteiger partial charge in [0.1, 0.15) is 0 Å². The second-order valence-corrected chi connectivity index (χ2v) is 8.29. The topological polar surface area (TPSA) is 70.2 Å². The number of hydrogen-bond acceptors (Lipinski definition) is 3. The molecule has 0 radical (unpaired) electrons. The Morgan fingerprint density at radius 3 is 2.37 bits per heavy atom. The summed E-state index contributed by atoms with van der Waals surface area (Å²) in [4.78, 5) is 25.2. The monoisotopic (exact) mass is 479 g/mol. The van der Waals surface area contributed by atoms with Crippen LogP contribution in [0.3, 0.4) is 0 Å². The fourth-order valence-electron chi connectivity index (χ4n) is 3.72. The molecule has 35 heavy (non-hydrogen) atoms. The van der Waals surface area contributed by atoms with E-state index in [1.165, 1.54) is 6.08 Å². The predicted molar refractivity (Wildman–Crippen MR) is 146 cm³/mol. The molecule has 3 N–H and O–H groups in total. The molecule has 0 aromatic heterocycles. The molecule has 0 heterocycles. The zero-order chi connectivity index (χ0) is 24.5. The molecule has 0 unspecified atom stereocenters. The highest BCUT2D eigenvalue weighted by atomic mass is 32.1. The molecular weight excluding hydrogens is 454 g/mol. The highest BCUT2D eigenvalue weighted by Gasteiger charge is 2.12. The molecule has 0 spiro atoms. The van der Waals surface area contributed by atoms with Crippen LogP contribution in [0.15, 0.2) is 103 Å². The fourth-order valence-corrected chi connectivity index (χ4v) is 3.93. The lowest BCUT2D eigenvalue weighted by molar-refractivity contribution is -0.115. The summed E-state index contributed by atoms with van der Waals surface area (Å²) in [6, 6.07) is 30.9. The van der Waals surface area contributed by atoms with Crippen LogP contribution >= 0.6 is 12.2 Å². The zero-order valence-corrected chi connectivity index (χ0v) is 19.8. The Kier molecular flexibility index (Phi) is 7.99. The van der Waals surface area contributed by atoms with Gasteiger partial charge in [-0.3, -0.25) is 14.9 Å². The van der Waals surface area contributed by atoms with Crippen molar-refractivity contribution in [1.29, 1.82) is 0 Å². The first-order chi connectivity index (χ1) is 17.1. The third-order valence-electron chi connectivity index (χ3n) is 5.44. The number of nitrogens with one attached hydrogen (secondary N) is 3. The molecule has 0 saturated heterocycles. The molecule has 0 aliphatic carbocycles. The average molecular weight is 480 g/mol. The van der Waals surface area contributed by atoms with Crippen LogP contribution in [0.2, 0.25) is 0 Å². The van der Waals surface area contributed by atoms with Crippen molar-refractivity contribution in [2.45, 2.75) is 6.42 Å². The summed E-state index contributed by atoms with van der Waals surface area (Å²) in [6.07, 6.45) is 3.94. The van der Waals surface area contributed by atoms with Gasteiger partial charge in [0.05, 0.1) is 11.3 Å². The van der Waals surface area contributed by atoms with Crippen molar-refractivity contribution in [2.75, 3.05) is 11.9 Å². The Morgan fingerprint density at radius 2 is 1.51 bits per heavy atom. The maximum Gasteiger partial charge on any atom is 0.253 e. The van der Waals surface area contributed by atoms with Crippen LogP contribution < -0.4 is 16.0 Å². The van der Waals surface area contributed by atoms with E-state index in [1.54, 1.807) is 30.3 Å². The number of rotatable bonds is 7. The van der Waals surface area contributed by atoms with Crippen LogP contribution in [0, 0.1) is 0 Å². The minimum atomic E-state index is -0.361. The number of hydrogen-bond donors (Lipinski definition) is 3. The lowest BCUT2D eigenvalue weighted by Crippen LogP contribution is -2.34. The summed E-state index contributed by atoms with van der Waals surface area (Å²) in [5.74, 6) is -0.575. The lowest BCUT2D eigenvalue weighted by atomic mass is 10.0. The predicted octanol–water partition coefficient (Wildman–Crippen LogP) is 5.34. The zero-order valence-electron chi connectivity index (χ0n) is 19.0. The van der Waals surface area contributed by atoms with E-state index in [0.29, 0.717) is 17.8 Å². The molecule has 174 valence electrons. The molecule has 2 amide bonds.